The number of aryl methyl sites for hydroxylation is 1. The van der Waals surface area contributed by atoms with Gasteiger partial charge in [-0.25, -0.2) is 4.98 Å². The van der Waals surface area contributed by atoms with Crippen molar-refractivity contribution < 1.29 is 28.5 Å². The molecule has 0 aliphatic carbocycles. The van der Waals surface area contributed by atoms with Gasteiger partial charge in [0.1, 0.15) is 0 Å². The third-order valence-corrected chi connectivity index (χ3v) is 8.56. The summed E-state index contributed by atoms with van der Waals surface area (Å²) < 4.78 is 22.6. The molecule has 3 aliphatic rings. The maximum atomic E-state index is 13.6. The predicted molar refractivity (Wildman–Crippen MR) is 148 cm³/mol. The molecule has 11 heteroatoms. The molecule has 6 rings (SSSR count). The largest absolute Gasteiger partial charge is 0.493 e. The molecule has 0 unspecified atom stereocenters. The number of ether oxygens (including phenoxy) is 4. The highest BCUT2D eigenvalue weighted by Gasteiger charge is 2.38. The second-order valence-electron chi connectivity index (χ2n) is 10.2. The predicted octanol–water partition coefficient (Wildman–Crippen LogP) is 3.20. The normalized spacial score (nSPS) is 20.9. The highest BCUT2D eigenvalue weighted by molar-refractivity contribution is 7.09. The molecule has 210 valence electrons. The minimum absolute atomic E-state index is 0.0663. The molecule has 3 aromatic rings. The first-order valence-electron chi connectivity index (χ1n) is 13.4. The Morgan fingerprint density at radius 3 is 2.83 bits per heavy atom. The lowest BCUT2D eigenvalue weighted by Crippen LogP contribution is -2.45. The van der Waals surface area contributed by atoms with Crippen LogP contribution in [0.3, 0.4) is 0 Å². The molecule has 3 aliphatic heterocycles. The molecule has 1 aromatic heterocycles. The van der Waals surface area contributed by atoms with Crippen molar-refractivity contribution in [3.8, 4) is 23.0 Å². The highest BCUT2D eigenvalue weighted by atomic mass is 32.1. The third-order valence-electron chi connectivity index (χ3n) is 7.64. The fraction of sp³-hybridized carbons (Fsp3) is 0.414. The lowest BCUT2D eigenvalue weighted by atomic mass is 9.94. The monoisotopic (exact) mass is 564 g/mol. The van der Waals surface area contributed by atoms with E-state index in [0.717, 1.165) is 22.6 Å². The summed E-state index contributed by atoms with van der Waals surface area (Å²) in [6, 6.07) is 10.8. The molecule has 0 radical (unpaired) electrons. The average molecular weight is 565 g/mol. The van der Waals surface area contributed by atoms with Crippen molar-refractivity contribution in [2.75, 3.05) is 46.7 Å². The Hall–Kier alpha value is -3.83. The van der Waals surface area contributed by atoms with E-state index < -0.39 is 0 Å². The van der Waals surface area contributed by atoms with Crippen LogP contribution in [0.15, 0.2) is 41.9 Å². The number of nitrogens with zero attached hydrogens (tertiary/aromatic N) is 3. The quantitative estimate of drug-likeness (QED) is 0.516. The molecule has 0 saturated carbocycles. The van der Waals surface area contributed by atoms with Crippen molar-refractivity contribution in [2.24, 2.45) is 0 Å². The van der Waals surface area contributed by atoms with Crippen molar-refractivity contribution in [1.82, 2.24) is 20.1 Å². The minimum atomic E-state index is -0.264. The Balaban J connectivity index is 1.27. The van der Waals surface area contributed by atoms with Crippen molar-refractivity contribution in [2.45, 2.75) is 31.8 Å². The van der Waals surface area contributed by atoms with E-state index >= 15 is 0 Å². The van der Waals surface area contributed by atoms with Crippen LogP contribution in [0.2, 0.25) is 0 Å². The molecular weight excluding hydrogens is 532 g/mol. The number of fused-ring (bicyclic) bond motifs is 5. The molecule has 2 amide bonds. The topological polar surface area (TPSA) is 102 Å². The maximum absolute atomic E-state index is 13.6. The zero-order valence-corrected chi connectivity index (χ0v) is 23.4. The number of nitrogens with one attached hydrogen (secondary N) is 1. The molecule has 40 heavy (non-hydrogen) atoms. The first-order chi connectivity index (χ1) is 19.5. The van der Waals surface area contributed by atoms with Crippen LogP contribution in [-0.4, -0.2) is 79.3 Å². The van der Waals surface area contributed by atoms with Gasteiger partial charge < -0.3 is 29.2 Å². The summed E-state index contributed by atoms with van der Waals surface area (Å²) in [5, 5.41) is 3.25. The molecule has 2 aromatic carbocycles. The van der Waals surface area contributed by atoms with E-state index in [-0.39, 0.29) is 37.1 Å². The lowest BCUT2D eigenvalue weighted by Gasteiger charge is -2.24. The molecular formula is C29H32N4O6S. The Morgan fingerprint density at radius 2 is 2.00 bits per heavy atom. The number of likely N-dealkylation sites (tertiary alicyclic amines) is 1. The summed E-state index contributed by atoms with van der Waals surface area (Å²) in [4.78, 5) is 36.4. The van der Waals surface area contributed by atoms with Gasteiger partial charge in [0.25, 0.3) is 5.91 Å². The number of methoxy groups -OCH3 is 1. The molecule has 2 atom stereocenters. The number of benzene rings is 2. The summed E-state index contributed by atoms with van der Waals surface area (Å²) in [6.45, 7) is 5.05. The van der Waals surface area contributed by atoms with Crippen molar-refractivity contribution >= 4 is 23.2 Å². The number of rotatable bonds is 4. The third kappa shape index (κ3) is 5.44. The van der Waals surface area contributed by atoms with Gasteiger partial charge in [-0.3, -0.25) is 14.5 Å². The Morgan fingerprint density at radius 1 is 1.12 bits per heavy atom. The maximum Gasteiger partial charge on any atom is 0.254 e. The number of hydrogen-bond donors (Lipinski definition) is 1. The van der Waals surface area contributed by atoms with Gasteiger partial charge in [-0.1, -0.05) is 6.07 Å². The van der Waals surface area contributed by atoms with Crippen LogP contribution in [0.25, 0.3) is 0 Å². The minimum Gasteiger partial charge on any atom is -0.493 e. The van der Waals surface area contributed by atoms with E-state index in [2.05, 4.69) is 15.2 Å². The van der Waals surface area contributed by atoms with Gasteiger partial charge in [0.05, 0.1) is 37.5 Å². The van der Waals surface area contributed by atoms with Crippen LogP contribution in [0, 0.1) is 6.92 Å². The van der Waals surface area contributed by atoms with Crippen LogP contribution >= 0.6 is 11.3 Å². The highest BCUT2D eigenvalue weighted by Crippen LogP contribution is 2.37. The van der Waals surface area contributed by atoms with Crippen LogP contribution < -0.4 is 24.3 Å². The van der Waals surface area contributed by atoms with E-state index in [4.69, 9.17) is 18.9 Å². The summed E-state index contributed by atoms with van der Waals surface area (Å²) in [5.41, 5.74) is 4.33. The zero-order chi connectivity index (χ0) is 27.6. The van der Waals surface area contributed by atoms with Gasteiger partial charge in [-0.2, -0.15) is 0 Å². The van der Waals surface area contributed by atoms with Gasteiger partial charge in [0.15, 0.2) is 23.0 Å². The Bertz CT molecular complexity index is 1410. The second-order valence-corrected chi connectivity index (χ2v) is 11.2. The number of amides is 2. The number of thiazole rings is 1. The van der Waals surface area contributed by atoms with Gasteiger partial charge in [-0.05, 0) is 49.2 Å². The molecule has 2 bridgehead atoms. The van der Waals surface area contributed by atoms with E-state index in [1.54, 1.807) is 41.5 Å². The summed E-state index contributed by atoms with van der Waals surface area (Å²) in [6.07, 6.45) is 0.753. The lowest BCUT2D eigenvalue weighted by molar-refractivity contribution is -0.123. The van der Waals surface area contributed by atoms with Crippen LogP contribution in [0.5, 0.6) is 23.0 Å². The number of carbonyl (C=O) groups excluding carboxylic acids is 2. The summed E-state index contributed by atoms with van der Waals surface area (Å²) in [5.74, 6) is 2.21. The van der Waals surface area contributed by atoms with Crippen LogP contribution in [0.1, 0.15) is 38.8 Å². The fourth-order valence-corrected chi connectivity index (χ4v) is 6.34. The van der Waals surface area contributed by atoms with Gasteiger partial charge in [0, 0.05) is 42.5 Å². The van der Waals surface area contributed by atoms with Gasteiger partial charge >= 0.3 is 0 Å². The van der Waals surface area contributed by atoms with E-state index in [9.17, 15) is 9.59 Å². The Kier molecular flexibility index (Phi) is 7.48. The van der Waals surface area contributed by atoms with Crippen molar-refractivity contribution in [1.29, 1.82) is 0 Å². The van der Waals surface area contributed by atoms with E-state index in [1.165, 1.54) is 0 Å². The molecule has 10 nitrogen and oxygen atoms in total. The fourth-order valence-electron chi connectivity index (χ4n) is 5.52. The Labute approximate surface area is 236 Å². The first kappa shape index (κ1) is 26.4. The van der Waals surface area contributed by atoms with E-state index in [0.29, 0.717) is 61.3 Å². The summed E-state index contributed by atoms with van der Waals surface area (Å²) >= 11 is 1.60. The van der Waals surface area contributed by atoms with Crippen LogP contribution in [-0.2, 0) is 11.3 Å². The average Bonchev–Trinajstić information content (AvgIpc) is 3.70. The molecule has 1 N–H and O–H groups in total. The summed E-state index contributed by atoms with van der Waals surface area (Å²) in [7, 11) is 1.62. The molecule has 1 saturated heterocycles. The molecule has 1 fully saturated rings. The smallest absolute Gasteiger partial charge is 0.254 e. The van der Waals surface area contributed by atoms with Crippen LogP contribution in [0.4, 0.5) is 0 Å². The van der Waals surface area contributed by atoms with E-state index in [1.807, 2.05) is 30.6 Å². The van der Waals surface area contributed by atoms with Gasteiger partial charge in [0.2, 0.25) is 12.7 Å². The van der Waals surface area contributed by atoms with Gasteiger partial charge in [-0.15, -0.1) is 11.3 Å². The number of aromatic nitrogens is 1. The zero-order valence-electron chi connectivity index (χ0n) is 22.6. The standard InChI is InChI=1S/C29H32N4O6S/c1-18-27(40-16-30-18)14-32-8-3-9-37-25-10-19(4-6-23(25)36-2)21-12-33(13-22(21)31-28(34)15-32)29(35)20-5-7-24-26(11-20)39-17-38-24/h4-7,10-11,16,21-22H,3,8-9,12-15,17H2,1-2H3,(H,31,34)/t21-,22+/m1/s1. The SMILES string of the molecule is COc1ccc2cc1OCCCN(Cc1scnc1C)CC(=O)N[C@H]1CN(C(=O)c3ccc4c(c3)OCO4)C[C@H]21. The molecule has 4 heterocycles. The second kappa shape index (κ2) is 11.3. The first-order valence-corrected chi connectivity index (χ1v) is 14.3. The van der Waals surface area contributed by atoms with Crippen molar-refractivity contribution in [3.63, 3.8) is 0 Å². The number of carbonyl (C=O) groups is 2. The number of hydrogen-bond acceptors (Lipinski definition) is 9. The molecule has 0 spiro atoms. The van der Waals surface area contributed by atoms with Crippen molar-refractivity contribution in [3.05, 3.63) is 63.6 Å².